The average molecular weight is 432 g/mol. The summed E-state index contributed by atoms with van der Waals surface area (Å²) in [5.74, 6) is 0.945. The monoisotopic (exact) mass is 431 g/mol. The van der Waals surface area contributed by atoms with Crippen molar-refractivity contribution in [2.75, 3.05) is 6.54 Å². The first-order valence-electron chi connectivity index (χ1n) is 12.2. The number of ketones is 2. The zero-order chi connectivity index (χ0) is 22.9. The van der Waals surface area contributed by atoms with Crippen LogP contribution in [0.2, 0.25) is 0 Å². The maximum atomic E-state index is 13.1. The van der Waals surface area contributed by atoms with E-state index in [1.807, 2.05) is 18.2 Å². The molecule has 3 heteroatoms. The topological polar surface area (TPSA) is 46.2 Å². The van der Waals surface area contributed by atoms with Crippen molar-refractivity contribution >= 4 is 11.6 Å². The summed E-state index contributed by atoms with van der Waals surface area (Å²) in [4.78, 5) is 25.9. The summed E-state index contributed by atoms with van der Waals surface area (Å²) in [6, 6.07) is 10.2. The number of hydrogen-bond acceptors (Lipinski definition) is 3. The number of rotatable bonds is 6. The first-order chi connectivity index (χ1) is 15.2. The van der Waals surface area contributed by atoms with Gasteiger partial charge in [0, 0.05) is 18.2 Å². The summed E-state index contributed by atoms with van der Waals surface area (Å²) in [6.07, 6.45) is 10.5. The van der Waals surface area contributed by atoms with Crippen molar-refractivity contribution in [2.45, 2.75) is 65.7 Å². The van der Waals surface area contributed by atoms with Gasteiger partial charge < -0.3 is 5.32 Å². The molecule has 2 fully saturated rings. The summed E-state index contributed by atoms with van der Waals surface area (Å²) in [6.45, 7) is 12.2. The molecule has 0 aliphatic heterocycles. The predicted molar refractivity (Wildman–Crippen MR) is 130 cm³/mol. The number of benzene rings is 1. The standard InChI is InChI=1S/C29H37NO2/c1-20-9-8-12-27-28(20,3)15-13-21(2)29(27,4)19-23-17-26(32)24(18-25(23)31)30-16-14-22-10-6-5-7-11-22/h5-7,10-11,17-18,21,27,30H,1,8-9,12-16,19H2,2-4H3/t21-,27+,28+,29+/m0/s1. The molecule has 170 valence electrons. The van der Waals surface area contributed by atoms with Crippen LogP contribution in [0.25, 0.3) is 0 Å². The Morgan fingerprint density at radius 1 is 1.06 bits per heavy atom. The Hall–Kier alpha value is -2.42. The van der Waals surface area contributed by atoms with Crippen LogP contribution in [0.5, 0.6) is 0 Å². The van der Waals surface area contributed by atoms with E-state index in [1.54, 1.807) is 6.08 Å². The van der Waals surface area contributed by atoms with Crippen LogP contribution in [0.15, 0.2) is 65.9 Å². The molecule has 0 aromatic heterocycles. The Bertz CT molecular complexity index is 972. The maximum absolute atomic E-state index is 13.1. The first-order valence-corrected chi connectivity index (χ1v) is 12.2. The fourth-order valence-corrected chi connectivity index (χ4v) is 6.54. The normalized spacial score (nSPS) is 32.8. The van der Waals surface area contributed by atoms with Gasteiger partial charge in [0.15, 0.2) is 5.78 Å². The molecule has 0 bridgehead atoms. The highest BCUT2D eigenvalue weighted by Crippen LogP contribution is 2.63. The highest BCUT2D eigenvalue weighted by Gasteiger charge is 2.54. The van der Waals surface area contributed by atoms with Crippen LogP contribution in [-0.4, -0.2) is 18.1 Å². The van der Waals surface area contributed by atoms with E-state index in [4.69, 9.17) is 0 Å². The zero-order valence-corrected chi connectivity index (χ0v) is 19.9. The molecule has 1 aromatic rings. The van der Waals surface area contributed by atoms with Crippen molar-refractivity contribution < 1.29 is 9.59 Å². The number of allylic oxidation sites excluding steroid dienone is 4. The van der Waals surface area contributed by atoms with Crippen LogP contribution >= 0.6 is 0 Å². The van der Waals surface area contributed by atoms with Crippen molar-refractivity contribution in [3.05, 3.63) is 71.5 Å². The smallest absolute Gasteiger partial charge is 0.202 e. The summed E-state index contributed by atoms with van der Waals surface area (Å²) in [5, 5.41) is 3.18. The van der Waals surface area contributed by atoms with E-state index in [-0.39, 0.29) is 22.4 Å². The maximum Gasteiger partial charge on any atom is 0.202 e. The number of fused-ring (bicyclic) bond motifs is 1. The van der Waals surface area contributed by atoms with Crippen molar-refractivity contribution in [3.8, 4) is 0 Å². The number of carbonyl (C=O) groups excluding carboxylic acids is 2. The molecule has 3 nitrogen and oxygen atoms in total. The summed E-state index contributed by atoms with van der Waals surface area (Å²) in [5.41, 5.74) is 3.86. The summed E-state index contributed by atoms with van der Waals surface area (Å²) in [7, 11) is 0. The molecule has 3 aliphatic rings. The molecule has 32 heavy (non-hydrogen) atoms. The van der Waals surface area contributed by atoms with E-state index >= 15 is 0 Å². The van der Waals surface area contributed by atoms with Gasteiger partial charge in [0.1, 0.15) is 0 Å². The molecule has 0 heterocycles. The Labute approximate surface area is 193 Å². The van der Waals surface area contributed by atoms with E-state index < -0.39 is 0 Å². The molecule has 0 spiro atoms. The molecule has 1 N–H and O–H groups in total. The van der Waals surface area contributed by atoms with Gasteiger partial charge in [0.2, 0.25) is 5.78 Å². The molecule has 0 unspecified atom stereocenters. The van der Waals surface area contributed by atoms with Gasteiger partial charge >= 0.3 is 0 Å². The Morgan fingerprint density at radius 2 is 1.81 bits per heavy atom. The second kappa shape index (κ2) is 8.84. The number of carbonyl (C=O) groups is 2. The van der Waals surface area contributed by atoms with Crippen molar-refractivity contribution in [1.29, 1.82) is 0 Å². The van der Waals surface area contributed by atoms with Gasteiger partial charge in [-0.15, -0.1) is 0 Å². The second-order valence-electron chi connectivity index (χ2n) is 10.7. The summed E-state index contributed by atoms with van der Waals surface area (Å²) >= 11 is 0. The number of nitrogens with one attached hydrogen (secondary N) is 1. The highest BCUT2D eigenvalue weighted by molar-refractivity contribution is 6.19. The predicted octanol–water partition coefficient (Wildman–Crippen LogP) is 5.97. The summed E-state index contributed by atoms with van der Waals surface area (Å²) < 4.78 is 0. The van der Waals surface area contributed by atoms with Crippen LogP contribution in [0.1, 0.15) is 64.9 Å². The molecule has 4 atom stereocenters. The van der Waals surface area contributed by atoms with Gasteiger partial charge in [-0.25, -0.2) is 0 Å². The highest BCUT2D eigenvalue weighted by atomic mass is 16.1. The lowest BCUT2D eigenvalue weighted by Gasteiger charge is -2.59. The van der Waals surface area contributed by atoms with Gasteiger partial charge in [0.05, 0.1) is 5.70 Å². The molecule has 0 saturated heterocycles. The van der Waals surface area contributed by atoms with Gasteiger partial charge in [0.25, 0.3) is 0 Å². The molecular weight excluding hydrogens is 394 g/mol. The van der Waals surface area contributed by atoms with Crippen LogP contribution in [0.3, 0.4) is 0 Å². The SMILES string of the molecule is C=C1CCC[C@H]2[C@](C)(CC3=CC(=O)C(NCCc4ccccc4)=CC3=O)[C@@H](C)CC[C@]12C. The third kappa shape index (κ3) is 4.14. The zero-order valence-electron chi connectivity index (χ0n) is 19.9. The lowest BCUT2D eigenvalue weighted by atomic mass is 9.46. The van der Waals surface area contributed by atoms with Gasteiger partial charge in [-0.1, -0.05) is 63.3 Å². The van der Waals surface area contributed by atoms with Crippen LogP contribution in [0.4, 0.5) is 0 Å². The third-order valence-corrected chi connectivity index (χ3v) is 8.87. The minimum Gasteiger partial charge on any atom is -0.381 e. The largest absolute Gasteiger partial charge is 0.381 e. The van der Waals surface area contributed by atoms with E-state index in [9.17, 15) is 9.59 Å². The Morgan fingerprint density at radius 3 is 2.56 bits per heavy atom. The molecule has 2 saturated carbocycles. The van der Waals surface area contributed by atoms with Crippen LogP contribution < -0.4 is 5.32 Å². The second-order valence-corrected chi connectivity index (χ2v) is 10.7. The van der Waals surface area contributed by atoms with Crippen LogP contribution in [0, 0.1) is 22.7 Å². The third-order valence-electron chi connectivity index (χ3n) is 8.87. The first kappa shape index (κ1) is 22.8. The van der Waals surface area contributed by atoms with Crippen molar-refractivity contribution in [3.63, 3.8) is 0 Å². The van der Waals surface area contributed by atoms with Gasteiger partial charge in [-0.2, -0.15) is 0 Å². The average Bonchev–Trinajstić information content (AvgIpc) is 2.77. The van der Waals surface area contributed by atoms with Gasteiger partial charge in [-0.3, -0.25) is 9.59 Å². The molecule has 4 rings (SSSR count). The van der Waals surface area contributed by atoms with Gasteiger partial charge in [-0.05, 0) is 79.3 Å². The molecular formula is C29H37NO2. The van der Waals surface area contributed by atoms with Crippen molar-refractivity contribution in [2.24, 2.45) is 22.7 Å². The molecule has 0 radical (unpaired) electrons. The van der Waals surface area contributed by atoms with E-state index in [2.05, 4.69) is 44.8 Å². The van der Waals surface area contributed by atoms with Crippen molar-refractivity contribution in [1.82, 2.24) is 5.32 Å². The fraction of sp³-hybridized carbons (Fsp3) is 0.517. The molecule has 1 aromatic carbocycles. The van der Waals surface area contributed by atoms with E-state index in [1.165, 1.54) is 36.5 Å². The minimum absolute atomic E-state index is 0.00418. The molecule has 3 aliphatic carbocycles. The Balaban J connectivity index is 1.46. The Kier molecular flexibility index (Phi) is 6.29. The van der Waals surface area contributed by atoms with E-state index in [0.717, 1.165) is 19.3 Å². The quantitative estimate of drug-likeness (QED) is 0.446. The minimum atomic E-state index is -0.0736. The lowest BCUT2D eigenvalue weighted by molar-refractivity contribution is -0.116. The van der Waals surface area contributed by atoms with Crippen LogP contribution in [-0.2, 0) is 16.0 Å². The fourth-order valence-electron chi connectivity index (χ4n) is 6.54. The molecule has 0 amide bonds. The van der Waals surface area contributed by atoms with E-state index in [0.29, 0.717) is 36.1 Å². The lowest BCUT2D eigenvalue weighted by Crippen LogP contribution is -2.50. The number of hydrogen-bond donors (Lipinski definition) is 1.